The van der Waals surface area contributed by atoms with Crippen LogP contribution in [-0.2, 0) is 22.7 Å². The summed E-state index contributed by atoms with van der Waals surface area (Å²) in [5.41, 5.74) is 4.91. The van der Waals surface area contributed by atoms with Crippen LogP contribution in [-0.4, -0.2) is 24.6 Å². The molecule has 1 amide bonds. The second-order valence-corrected chi connectivity index (χ2v) is 6.41. The highest BCUT2D eigenvalue weighted by molar-refractivity contribution is 5.96. The lowest BCUT2D eigenvalue weighted by atomic mass is 10.0. The molecule has 1 aliphatic heterocycles. The number of benzene rings is 2. The molecule has 0 unspecified atom stereocenters. The van der Waals surface area contributed by atoms with E-state index in [-0.39, 0.29) is 12.5 Å². The number of anilines is 1. The van der Waals surface area contributed by atoms with E-state index in [1.165, 1.54) is 0 Å². The topological polar surface area (TPSA) is 51.7 Å². The summed E-state index contributed by atoms with van der Waals surface area (Å²) < 4.78 is 10.9. The van der Waals surface area contributed by atoms with Gasteiger partial charge in [-0.05, 0) is 35.4 Å². The van der Waals surface area contributed by atoms with Gasteiger partial charge in [0.15, 0.2) is 0 Å². The minimum atomic E-state index is -0.0556. The van der Waals surface area contributed by atoms with Crippen molar-refractivity contribution in [3.63, 3.8) is 0 Å². The Bertz CT molecular complexity index is 957. The Labute approximate surface area is 158 Å². The van der Waals surface area contributed by atoms with Crippen molar-refractivity contribution in [2.24, 2.45) is 0 Å². The van der Waals surface area contributed by atoms with Crippen LogP contribution in [0.15, 0.2) is 67.0 Å². The molecule has 5 nitrogen and oxygen atoms in total. The average Bonchev–Trinajstić information content (AvgIpc) is 2.87. The van der Waals surface area contributed by atoms with Crippen LogP contribution in [0, 0.1) is 0 Å². The van der Waals surface area contributed by atoms with E-state index in [2.05, 4.69) is 4.98 Å². The van der Waals surface area contributed by atoms with Gasteiger partial charge < -0.3 is 14.4 Å². The molecule has 0 fully saturated rings. The average molecular weight is 360 g/mol. The number of amides is 1. The van der Waals surface area contributed by atoms with Gasteiger partial charge >= 0.3 is 0 Å². The van der Waals surface area contributed by atoms with Crippen molar-refractivity contribution in [1.29, 1.82) is 0 Å². The number of methoxy groups -OCH3 is 1. The highest BCUT2D eigenvalue weighted by Gasteiger charge is 2.23. The van der Waals surface area contributed by atoms with Gasteiger partial charge in [0.25, 0.3) is 5.91 Å². The van der Waals surface area contributed by atoms with Crippen LogP contribution in [0.2, 0.25) is 0 Å². The Morgan fingerprint density at radius 1 is 1.07 bits per heavy atom. The molecule has 0 saturated heterocycles. The van der Waals surface area contributed by atoms with Crippen molar-refractivity contribution in [2.45, 2.75) is 13.2 Å². The zero-order valence-corrected chi connectivity index (χ0v) is 15.1. The summed E-state index contributed by atoms with van der Waals surface area (Å²) in [5, 5.41) is 0. The molecule has 3 aromatic rings. The first-order valence-corrected chi connectivity index (χ1v) is 8.79. The normalized spacial score (nSPS) is 13.8. The summed E-state index contributed by atoms with van der Waals surface area (Å²) in [6, 6.07) is 17.8. The lowest BCUT2D eigenvalue weighted by Gasteiger charge is -2.23. The van der Waals surface area contributed by atoms with E-state index in [1.54, 1.807) is 18.2 Å². The SMILES string of the molecule is COc1cccc(CN2C(=O)COCc3ccc(-c4cccnc4)cc32)c1. The summed E-state index contributed by atoms with van der Waals surface area (Å²) >= 11 is 0. The Morgan fingerprint density at radius 3 is 2.81 bits per heavy atom. The van der Waals surface area contributed by atoms with Gasteiger partial charge in [0.1, 0.15) is 12.4 Å². The van der Waals surface area contributed by atoms with Crippen LogP contribution in [0.5, 0.6) is 5.75 Å². The number of ether oxygens (including phenoxy) is 2. The molecule has 0 aliphatic carbocycles. The van der Waals surface area contributed by atoms with Crippen molar-refractivity contribution in [1.82, 2.24) is 4.98 Å². The maximum Gasteiger partial charge on any atom is 0.253 e. The van der Waals surface area contributed by atoms with Crippen LogP contribution in [0.25, 0.3) is 11.1 Å². The van der Waals surface area contributed by atoms with Crippen molar-refractivity contribution < 1.29 is 14.3 Å². The Balaban J connectivity index is 1.74. The number of hydrogen-bond acceptors (Lipinski definition) is 4. The summed E-state index contributed by atoms with van der Waals surface area (Å²) in [6.07, 6.45) is 3.57. The first-order chi connectivity index (χ1) is 13.2. The second kappa shape index (κ2) is 7.60. The van der Waals surface area contributed by atoms with Crippen LogP contribution < -0.4 is 9.64 Å². The molecule has 27 heavy (non-hydrogen) atoms. The first kappa shape index (κ1) is 17.2. The van der Waals surface area contributed by atoms with E-state index in [0.29, 0.717) is 13.2 Å². The van der Waals surface area contributed by atoms with Crippen molar-refractivity contribution in [3.8, 4) is 16.9 Å². The lowest BCUT2D eigenvalue weighted by Crippen LogP contribution is -2.32. The van der Waals surface area contributed by atoms with E-state index >= 15 is 0 Å². The fraction of sp³-hybridized carbons (Fsp3) is 0.182. The van der Waals surface area contributed by atoms with Gasteiger partial charge in [-0.2, -0.15) is 0 Å². The molecule has 2 aromatic carbocycles. The Kier molecular flexibility index (Phi) is 4.85. The third-order valence-electron chi connectivity index (χ3n) is 4.63. The smallest absolute Gasteiger partial charge is 0.253 e. The van der Waals surface area contributed by atoms with Gasteiger partial charge in [0, 0.05) is 23.5 Å². The van der Waals surface area contributed by atoms with Crippen LogP contribution in [0.1, 0.15) is 11.1 Å². The highest BCUT2D eigenvalue weighted by Crippen LogP contribution is 2.31. The molecular weight excluding hydrogens is 340 g/mol. The maximum absolute atomic E-state index is 12.7. The second-order valence-electron chi connectivity index (χ2n) is 6.41. The third-order valence-corrected chi connectivity index (χ3v) is 4.63. The minimum absolute atomic E-state index is 0.0556. The van der Waals surface area contributed by atoms with Crippen LogP contribution in [0.4, 0.5) is 5.69 Å². The molecule has 1 aromatic heterocycles. The molecule has 0 atom stereocenters. The standard InChI is InChI=1S/C22H20N2O3/c1-26-20-6-2-4-16(10-20)13-24-21-11-17(18-5-3-9-23-12-18)7-8-19(21)14-27-15-22(24)25/h2-12H,13-15H2,1H3. The largest absolute Gasteiger partial charge is 0.497 e. The van der Waals surface area contributed by atoms with E-state index in [4.69, 9.17) is 9.47 Å². The van der Waals surface area contributed by atoms with Gasteiger partial charge in [-0.1, -0.05) is 30.3 Å². The minimum Gasteiger partial charge on any atom is -0.497 e. The fourth-order valence-electron chi connectivity index (χ4n) is 3.24. The highest BCUT2D eigenvalue weighted by atomic mass is 16.5. The van der Waals surface area contributed by atoms with Crippen molar-refractivity contribution in [3.05, 3.63) is 78.1 Å². The maximum atomic E-state index is 12.7. The first-order valence-electron chi connectivity index (χ1n) is 8.79. The third kappa shape index (κ3) is 3.68. The number of fused-ring (bicyclic) bond motifs is 1. The van der Waals surface area contributed by atoms with Crippen LogP contribution >= 0.6 is 0 Å². The monoisotopic (exact) mass is 360 g/mol. The summed E-state index contributed by atoms with van der Waals surface area (Å²) in [7, 11) is 1.64. The molecule has 136 valence electrons. The van der Waals surface area contributed by atoms with E-state index in [1.807, 2.05) is 60.8 Å². The van der Waals surface area contributed by atoms with Gasteiger partial charge in [-0.25, -0.2) is 0 Å². The lowest BCUT2D eigenvalue weighted by molar-refractivity contribution is -0.123. The molecule has 0 spiro atoms. The van der Waals surface area contributed by atoms with Crippen molar-refractivity contribution in [2.75, 3.05) is 18.6 Å². The predicted molar refractivity (Wildman–Crippen MR) is 104 cm³/mol. The Hall–Kier alpha value is -3.18. The summed E-state index contributed by atoms with van der Waals surface area (Å²) in [6.45, 7) is 0.951. The Morgan fingerprint density at radius 2 is 2.00 bits per heavy atom. The number of carbonyl (C=O) groups excluding carboxylic acids is 1. The zero-order chi connectivity index (χ0) is 18.6. The zero-order valence-electron chi connectivity index (χ0n) is 15.1. The van der Waals surface area contributed by atoms with Gasteiger partial charge in [0.05, 0.1) is 25.9 Å². The van der Waals surface area contributed by atoms with Gasteiger partial charge in [-0.15, -0.1) is 0 Å². The van der Waals surface area contributed by atoms with Gasteiger partial charge in [-0.3, -0.25) is 9.78 Å². The molecule has 2 heterocycles. The molecule has 0 bridgehead atoms. The molecule has 0 N–H and O–H groups in total. The quantitative estimate of drug-likeness (QED) is 0.710. The van der Waals surface area contributed by atoms with Crippen LogP contribution in [0.3, 0.4) is 0 Å². The number of aromatic nitrogens is 1. The number of rotatable bonds is 4. The number of nitrogens with zero attached hydrogens (tertiary/aromatic N) is 2. The predicted octanol–water partition coefficient (Wildman–Crippen LogP) is 3.82. The number of pyridine rings is 1. The molecule has 1 aliphatic rings. The molecule has 0 saturated carbocycles. The number of hydrogen-bond donors (Lipinski definition) is 0. The summed E-state index contributed by atoms with van der Waals surface area (Å²) in [5.74, 6) is 0.718. The van der Waals surface area contributed by atoms with Crippen molar-refractivity contribution >= 4 is 11.6 Å². The molecule has 4 rings (SSSR count). The summed E-state index contributed by atoms with van der Waals surface area (Å²) in [4.78, 5) is 18.7. The fourth-order valence-corrected chi connectivity index (χ4v) is 3.24. The number of carbonyl (C=O) groups is 1. The molecule has 0 radical (unpaired) electrons. The molecular formula is C22H20N2O3. The molecule has 5 heteroatoms. The van der Waals surface area contributed by atoms with E-state index in [9.17, 15) is 4.79 Å². The van der Waals surface area contributed by atoms with E-state index in [0.717, 1.165) is 33.7 Å². The van der Waals surface area contributed by atoms with Gasteiger partial charge in [0.2, 0.25) is 0 Å². The van der Waals surface area contributed by atoms with E-state index < -0.39 is 0 Å².